The molecule has 0 aliphatic carbocycles. The maximum Gasteiger partial charge on any atom is 0.135 e. The lowest BCUT2D eigenvalue weighted by Crippen LogP contribution is -2.00. The molecule has 0 fully saturated rings. The largest absolute Gasteiger partial charge is 0.300 e. The summed E-state index contributed by atoms with van der Waals surface area (Å²) >= 11 is 6.09. The van der Waals surface area contributed by atoms with Gasteiger partial charge in [-0.15, -0.1) is 0 Å². The lowest BCUT2D eigenvalue weighted by atomic mass is 10.1. The number of carbonyl (C=O) groups excluding carboxylic acids is 1. The van der Waals surface area contributed by atoms with Crippen molar-refractivity contribution in [3.8, 4) is 0 Å². The zero-order valence-corrected chi connectivity index (χ0v) is 10.0. The van der Waals surface area contributed by atoms with E-state index in [1.54, 1.807) is 6.92 Å². The molecule has 16 heavy (non-hydrogen) atoms. The second-order valence-corrected chi connectivity index (χ2v) is 4.35. The normalized spacial score (nSPS) is 10.7. The van der Waals surface area contributed by atoms with Crippen molar-refractivity contribution >= 4 is 28.3 Å². The van der Waals surface area contributed by atoms with Crippen LogP contribution in [0.5, 0.6) is 0 Å². The third-order valence-corrected chi connectivity index (χ3v) is 2.79. The quantitative estimate of drug-likeness (QED) is 0.797. The number of fused-ring (bicyclic) bond motifs is 1. The molecule has 1 aromatic heterocycles. The van der Waals surface area contributed by atoms with Gasteiger partial charge in [-0.3, -0.25) is 9.78 Å². The lowest BCUT2D eigenvalue weighted by molar-refractivity contribution is -0.116. The Kier molecular flexibility index (Phi) is 2.92. The van der Waals surface area contributed by atoms with Crippen LogP contribution in [0, 0.1) is 6.92 Å². The Morgan fingerprint density at radius 2 is 2.19 bits per heavy atom. The van der Waals surface area contributed by atoms with Gasteiger partial charge in [-0.2, -0.15) is 0 Å². The third kappa shape index (κ3) is 2.07. The van der Waals surface area contributed by atoms with Gasteiger partial charge >= 0.3 is 0 Å². The molecular formula is C13H12ClNO. The highest BCUT2D eigenvalue weighted by molar-refractivity contribution is 6.35. The van der Waals surface area contributed by atoms with E-state index in [9.17, 15) is 4.79 Å². The molecule has 1 aromatic carbocycles. The van der Waals surface area contributed by atoms with Crippen molar-refractivity contribution in [2.45, 2.75) is 20.3 Å². The minimum atomic E-state index is 0.110. The highest BCUT2D eigenvalue weighted by Crippen LogP contribution is 2.24. The summed E-state index contributed by atoms with van der Waals surface area (Å²) < 4.78 is 0. The molecule has 0 radical (unpaired) electrons. The third-order valence-electron chi connectivity index (χ3n) is 2.48. The molecular weight excluding hydrogens is 222 g/mol. The van der Waals surface area contributed by atoms with Crippen LogP contribution in [0.25, 0.3) is 10.9 Å². The molecule has 0 aliphatic rings. The van der Waals surface area contributed by atoms with Crippen molar-refractivity contribution in [3.63, 3.8) is 0 Å². The van der Waals surface area contributed by atoms with Gasteiger partial charge in [0.15, 0.2) is 0 Å². The molecule has 0 aliphatic heterocycles. The number of aryl methyl sites for hydroxylation is 1. The Morgan fingerprint density at radius 1 is 1.44 bits per heavy atom. The monoisotopic (exact) mass is 233 g/mol. The molecule has 2 nitrogen and oxygen atoms in total. The highest BCUT2D eigenvalue weighted by atomic mass is 35.5. The zero-order chi connectivity index (χ0) is 11.7. The predicted molar refractivity (Wildman–Crippen MR) is 65.9 cm³/mol. The van der Waals surface area contributed by atoms with Gasteiger partial charge in [-0.1, -0.05) is 23.7 Å². The SMILES string of the molecule is CC(=O)Cc1cc(C)c2cccc(Cl)c2n1. The zero-order valence-electron chi connectivity index (χ0n) is 9.25. The summed E-state index contributed by atoms with van der Waals surface area (Å²) in [6.45, 7) is 3.57. The van der Waals surface area contributed by atoms with Crippen molar-refractivity contribution in [1.82, 2.24) is 4.98 Å². The Bertz CT molecular complexity index is 563. The van der Waals surface area contributed by atoms with Crippen molar-refractivity contribution in [1.29, 1.82) is 0 Å². The Morgan fingerprint density at radius 3 is 2.88 bits per heavy atom. The Balaban J connectivity index is 2.65. The number of ketones is 1. The number of para-hydroxylation sites is 1. The number of aromatic nitrogens is 1. The fraction of sp³-hybridized carbons (Fsp3) is 0.231. The first-order valence-corrected chi connectivity index (χ1v) is 5.50. The first-order chi connectivity index (χ1) is 7.58. The number of hydrogen-bond acceptors (Lipinski definition) is 2. The lowest BCUT2D eigenvalue weighted by Gasteiger charge is -2.06. The number of rotatable bonds is 2. The summed E-state index contributed by atoms with van der Waals surface area (Å²) in [4.78, 5) is 15.5. The van der Waals surface area contributed by atoms with E-state index in [1.165, 1.54) is 0 Å². The number of pyridine rings is 1. The molecule has 0 unspecified atom stereocenters. The van der Waals surface area contributed by atoms with Crippen molar-refractivity contribution in [2.24, 2.45) is 0 Å². The second kappa shape index (κ2) is 4.22. The molecule has 2 rings (SSSR count). The van der Waals surface area contributed by atoms with Gasteiger partial charge in [-0.05, 0) is 31.5 Å². The molecule has 0 atom stereocenters. The van der Waals surface area contributed by atoms with Crippen molar-refractivity contribution < 1.29 is 4.79 Å². The molecule has 2 aromatic rings. The van der Waals surface area contributed by atoms with Gasteiger partial charge in [0.2, 0.25) is 0 Å². The molecule has 0 saturated carbocycles. The van der Waals surface area contributed by atoms with Gasteiger partial charge in [-0.25, -0.2) is 0 Å². The van der Waals surface area contributed by atoms with Gasteiger partial charge in [0.25, 0.3) is 0 Å². The predicted octanol–water partition coefficient (Wildman–Crippen LogP) is 3.33. The van der Waals surface area contributed by atoms with E-state index in [0.29, 0.717) is 11.4 Å². The minimum absolute atomic E-state index is 0.110. The topological polar surface area (TPSA) is 30.0 Å². The van der Waals surface area contributed by atoms with Crippen LogP contribution in [0.4, 0.5) is 0 Å². The molecule has 82 valence electrons. The van der Waals surface area contributed by atoms with Crippen LogP contribution in [-0.4, -0.2) is 10.8 Å². The maximum absolute atomic E-state index is 11.1. The smallest absolute Gasteiger partial charge is 0.135 e. The second-order valence-electron chi connectivity index (χ2n) is 3.95. The summed E-state index contributed by atoms with van der Waals surface area (Å²) in [5.41, 5.74) is 2.66. The maximum atomic E-state index is 11.1. The van der Waals surface area contributed by atoms with Crippen LogP contribution in [0.15, 0.2) is 24.3 Å². The van der Waals surface area contributed by atoms with E-state index in [-0.39, 0.29) is 5.78 Å². The summed E-state index contributed by atoms with van der Waals surface area (Å²) in [6, 6.07) is 7.65. The molecule has 1 heterocycles. The van der Waals surface area contributed by atoms with Crippen LogP contribution >= 0.6 is 11.6 Å². The molecule has 3 heteroatoms. The molecule has 0 saturated heterocycles. The van der Waals surface area contributed by atoms with Crippen molar-refractivity contribution in [2.75, 3.05) is 0 Å². The molecule has 0 spiro atoms. The van der Waals surface area contributed by atoms with Crippen LogP contribution in [0.1, 0.15) is 18.2 Å². The van der Waals surface area contributed by atoms with E-state index in [2.05, 4.69) is 4.98 Å². The minimum Gasteiger partial charge on any atom is -0.300 e. The van der Waals surface area contributed by atoms with Crippen LogP contribution in [-0.2, 0) is 11.2 Å². The van der Waals surface area contributed by atoms with E-state index in [0.717, 1.165) is 22.2 Å². The molecule has 0 N–H and O–H groups in total. The van der Waals surface area contributed by atoms with Gasteiger partial charge in [0.05, 0.1) is 10.5 Å². The highest BCUT2D eigenvalue weighted by Gasteiger charge is 2.07. The number of benzene rings is 1. The molecule has 0 amide bonds. The van der Waals surface area contributed by atoms with Gasteiger partial charge < -0.3 is 0 Å². The Labute approximate surface area is 99.3 Å². The number of hydrogen-bond donors (Lipinski definition) is 0. The summed E-state index contributed by atoms with van der Waals surface area (Å²) in [7, 11) is 0. The van der Waals surface area contributed by atoms with E-state index in [4.69, 9.17) is 11.6 Å². The van der Waals surface area contributed by atoms with Gasteiger partial charge in [0, 0.05) is 17.5 Å². The average molecular weight is 234 g/mol. The molecule has 0 bridgehead atoms. The van der Waals surface area contributed by atoms with Crippen molar-refractivity contribution in [3.05, 3.63) is 40.5 Å². The van der Waals surface area contributed by atoms with Gasteiger partial charge in [0.1, 0.15) is 5.78 Å². The summed E-state index contributed by atoms with van der Waals surface area (Å²) in [5, 5.41) is 1.67. The number of Topliss-reactive ketones (excluding diaryl/α,β-unsaturated/α-hetero) is 1. The van der Waals surface area contributed by atoms with Crippen LogP contribution in [0.3, 0.4) is 0 Å². The number of nitrogens with zero attached hydrogens (tertiary/aromatic N) is 1. The number of halogens is 1. The number of carbonyl (C=O) groups is 1. The van der Waals surface area contributed by atoms with E-state index >= 15 is 0 Å². The fourth-order valence-electron chi connectivity index (χ4n) is 1.80. The Hall–Kier alpha value is -1.41. The van der Waals surface area contributed by atoms with Crippen LogP contribution < -0.4 is 0 Å². The summed E-state index contributed by atoms with van der Waals surface area (Å²) in [6.07, 6.45) is 0.363. The average Bonchev–Trinajstić information content (AvgIpc) is 2.19. The first kappa shape index (κ1) is 11.1. The first-order valence-electron chi connectivity index (χ1n) is 5.12. The summed E-state index contributed by atoms with van der Waals surface area (Å²) in [5.74, 6) is 0.110. The standard InChI is InChI=1S/C13H12ClNO/c1-8-6-10(7-9(2)16)15-13-11(8)4-3-5-12(13)14/h3-6H,7H2,1-2H3. The van der Waals surface area contributed by atoms with Crippen LogP contribution in [0.2, 0.25) is 5.02 Å². The van der Waals surface area contributed by atoms with E-state index in [1.807, 2.05) is 31.2 Å². The van der Waals surface area contributed by atoms with E-state index < -0.39 is 0 Å². The fourth-order valence-corrected chi connectivity index (χ4v) is 2.01.